The fraction of sp³-hybridized carbons (Fsp3) is 0.500. The number of phosphoric acid groups is 1. The predicted octanol–water partition coefficient (Wildman–Crippen LogP) is -1.62. The van der Waals surface area contributed by atoms with E-state index in [1.165, 1.54) is 11.5 Å². The molecule has 138 valence electrons. The number of nitrogens with two attached hydrogens (primary N) is 1. The van der Waals surface area contributed by atoms with Gasteiger partial charge in [-0.2, -0.15) is 4.98 Å². The van der Waals surface area contributed by atoms with Crippen molar-refractivity contribution in [3.05, 3.63) is 14.2 Å². The molecule has 7 N–H and O–H groups in total. The molecule has 25 heavy (non-hydrogen) atoms. The van der Waals surface area contributed by atoms with E-state index in [0.29, 0.717) is 0 Å². The number of H-pyrrole nitrogens is 1. The molecule has 2 aromatic heterocycles. The van der Waals surface area contributed by atoms with E-state index in [1.807, 2.05) is 0 Å². The van der Waals surface area contributed by atoms with Crippen molar-refractivity contribution in [2.75, 3.05) is 5.73 Å². The summed E-state index contributed by atoms with van der Waals surface area (Å²) in [6.45, 7) is 1.17. The topological polar surface area (TPSA) is 206 Å². The summed E-state index contributed by atoms with van der Waals surface area (Å²) < 4.78 is 22.0. The van der Waals surface area contributed by atoms with Crippen LogP contribution < -0.4 is 11.3 Å². The molecule has 0 amide bonds. The number of aromatic amines is 1. The highest BCUT2D eigenvalue weighted by Crippen LogP contribution is 2.47. The third-order valence-electron chi connectivity index (χ3n) is 3.62. The van der Waals surface area contributed by atoms with Crippen LogP contribution in [0.15, 0.2) is 4.79 Å². The van der Waals surface area contributed by atoms with Gasteiger partial charge in [-0.3, -0.25) is 18.9 Å². The van der Waals surface area contributed by atoms with Gasteiger partial charge in [-0.25, -0.2) is 9.55 Å². The van der Waals surface area contributed by atoms with Crippen molar-refractivity contribution in [1.82, 2.24) is 19.5 Å². The summed E-state index contributed by atoms with van der Waals surface area (Å²) in [5, 5.41) is 20.7. The third kappa shape index (κ3) is 3.19. The molecule has 3 heterocycles. The first-order chi connectivity index (χ1) is 11.4. The molecule has 0 unspecified atom stereocenters. The quantitative estimate of drug-likeness (QED) is 0.164. The van der Waals surface area contributed by atoms with Crippen LogP contribution in [0, 0.1) is 3.83 Å². The van der Waals surface area contributed by atoms with E-state index < -0.39 is 37.6 Å². The van der Waals surface area contributed by atoms with E-state index in [-0.39, 0.29) is 20.9 Å². The number of phosphoric ester groups is 1. The van der Waals surface area contributed by atoms with Gasteiger partial charge in [0.05, 0.1) is 0 Å². The molecular formula is C10H13IN5O8P. The molecule has 13 nitrogen and oxygen atoms in total. The summed E-state index contributed by atoms with van der Waals surface area (Å²) in [5.41, 5.74) is 2.71. The molecule has 0 aromatic carbocycles. The van der Waals surface area contributed by atoms with Crippen molar-refractivity contribution in [3.8, 4) is 0 Å². The van der Waals surface area contributed by atoms with Gasteiger partial charge in [0.1, 0.15) is 11.7 Å². The molecule has 1 aliphatic rings. The Morgan fingerprint density at radius 1 is 1.48 bits per heavy atom. The number of aliphatic hydroxyl groups excluding tert-OH is 1. The van der Waals surface area contributed by atoms with E-state index >= 15 is 0 Å². The maximum Gasteiger partial charge on any atom is 0.472 e. The molecule has 1 saturated heterocycles. The van der Waals surface area contributed by atoms with Gasteiger partial charge < -0.3 is 30.5 Å². The van der Waals surface area contributed by atoms with E-state index in [4.69, 9.17) is 20.3 Å². The second-order valence-electron chi connectivity index (χ2n) is 5.50. The van der Waals surface area contributed by atoms with Crippen LogP contribution >= 0.6 is 30.4 Å². The highest BCUT2D eigenvalue weighted by Gasteiger charge is 2.56. The molecule has 4 atom stereocenters. The Morgan fingerprint density at radius 2 is 2.12 bits per heavy atom. The van der Waals surface area contributed by atoms with Gasteiger partial charge in [-0.1, -0.05) is 0 Å². The summed E-state index contributed by atoms with van der Waals surface area (Å²) >= 11 is 1.74. The molecule has 3 rings (SSSR count). The van der Waals surface area contributed by atoms with Crippen LogP contribution in [0.3, 0.4) is 0 Å². The Kier molecular flexibility index (Phi) is 4.44. The highest BCUT2D eigenvalue weighted by atomic mass is 127. The van der Waals surface area contributed by atoms with Crippen LogP contribution in [0.4, 0.5) is 5.95 Å². The number of rotatable bonds is 3. The van der Waals surface area contributed by atoms with Gasteiger partial charge in [0, 0.05) is 22.6 Å². The van der Waals surface area contributed by atoms with Crippen LogP contribution in [0.2, 0.25) is 0 Å². The smallest absolute Gasteiger partial charge is 0.385 e. The first kappa shape index (κ1) is 18.7. The maximum absolute atomic E-state index is 11.9. The lowest BCUT2D eigenvalue weighted by molar-refractivity contribution is -0.135. The lowest BCUT2D eigenvalue weighted by Crippen LogP contribution is -2.44. The number of anilines is 1. The van der Waals surface area contributed by atoms with Crippen LogP contribution in [0.5, 0.6) is 0 Å². The van der Waals surface area contributed by atoms with Gasteiger partial charge in [0.25, 0.3) is 5.56 Å². The largest absolute Gasteiger partial charge is 0.472 e. The zero-order valence-corrected chi connectivity index (χ0v) is 15.4. The number of nitrogens with zero attached hydrogens (tertiary/aromatic N) is 3. The van der Waals surface area contributed by atoms with E-state index in [0.717, 1.165) is 0 Å². The number of hydrogen-bond donors (Lipinski definition) is 6. The van der Waals surface area contributed by atoms with E-state index in [1.54, 1.807) is 22.6 Å². The standard InChI is InChI=1S/C10H13IN5O8P/c1-10(19)3(17)6(24-25(20,21)22)23-7(10)16-4-2(13-8(16)11)5(18)15-9(12)14-4/h3,6-7,17,19H,1H3,(H2,20,21,22)(H3,12,14,15,18)/t3-,6+,7+,10+/m0/s1. The molecule has 0 radical (unpaired) electrons. The Bertz CT molecular complexity index is 937. The summed E-state index contributed by atoms with van der Waals surface area (Å²) in [7, 11) is -5.00. The van der Waals surface area contributed by atoms with Crippen LogP contribution in [-0.4, -0.2) is 57.5 Å². The van der Waals surface area contributed by atoms with Crippen LogP contribution in [0.25, 0.3) is 11.2 Å². The highest BCUT2D eigenvalue weighted by molar-refractivity contribution is 14.1. The number of nitrogen functional groups attached to an aromatic ring is 1. The van der Waals surface area contributed by atoms with Crippen molar-refractivity contribution in [2.24, 2.45) is 0 Å². The molecular weight excluding hydrogens is 476 g/mol. The minimum absolute atomic E-state index is 0.0417. The summed E-state index contributed by atoms with van der Waals surface area (Å²) in [4.78, 5) is 39.9. The number of fused-ring (bicyclic) bond motifs is 1. The molecule has 15 heteroatoms. The second kappa shape index (κ2) is 5.95. The fourth-order valence-corrected chi connectivity index (χ4v) is 3.64. The molecule has 0 aliphatic carbocycles. The molecule has 1 fully saturated rings. The van der Waals surface area contributed by atoms with Crippen molar-refractivity contribution in [3.63, 3.8) is 0 Å². The number of aromatic nitrogens is 4. The fourth-order valence-electron chi connectivity index (χ4n) is 2.48. The summed E-state index contributed by atoms with van der Waals surface area (Å²) in [6.07, 6.45) is -5.05. The van der Waals surface area contributed by atoms with E-state index in [9.17, 15) is 19.6 Å². The Morgan fingerprint density at radius 3 is 2.72 bits per heavy atom. The SMILES string of the molecule is C[C@@]1(O)[C@@H](O)[C@@H](OP(=O)(O)O)O[C@H]1n1c(I)nc2c(=O)[nH]c(N)nc21. The Labute approximate surface area is 152 Å². The maximum atomic E-state index is 11.9. The van der Waals surface area contributed by atoms with Crippen LogP contribution in [-0.2, 0) is 13.8 Å². The van der Waals surface area contributed by atoms with E-state index in [2.05, 4.69) is 19.5 Å². The molecule has 0 saturated carbocycles. The summed E-state index contributed by atoms with van der Waals surface area (Å²) in [5.74, 6) is -0.212. The molecule has 0 spiro atoms. The van der Waals surface area contributed by atoms with Gasteiger partial charge in [-0.05, 0) is 6.92 Å². The average molecular weight is 489 g/mol. The first-order valence-electron chi connectivity index (χ1n) is 6.65. The molecule has 1 aliphatic heterocycles. The number of imidazole rings is 1. The lowest BCUT2D eigenvalue weighted by atomic mass is 9.99. The second-order valence-corrected chi connectivity index (χ2v) is 7.65. The summed E-state index contributed by atoms with van der Waals surface area (Å²) in [6, 6.07) is 0. The Balaban J connectivity index is 2.13. The van der Waals surface area contributed by atoms with Gasteiger partial charge in [-0.15, -0.1) is 0 Å². The Hall–Kier alpha value is -1.13. The normalized spacial score (nSPS) is 30.2. The zero-order valence-electron chi connectivity index (χ0n) is 12.4. The monoisotopic (exact) mass is 489 g/mol. The molecule has 0 bridgehead atoms. The van der Waals surface area contributed by atoms with Crippen molar-refractivity contribution < 1.29 is 33.8 Å². The first-order valence-corrected chi connectivity index (χ1v) is 9.26. The van der Waals surface area contributed by atoms with Gasteiger partial charge >= 0.3 is 7.82 Å². The van der Waals surface area contributed by atoms with Gasteiger partial charge in [0.15, 0.2) is 27.5 Å². The predicted molar refractivity (Wildman–Crippen MR) is 88.9 cm³/mol. The average Bonchev–Trinajstić information content (AvgIpc) is 2.87. The van der Waals surface area contributed by atoms with Crippen molar-refractivity contribution in [1.29, 1.82) is 0 Å². The number of hydrogen-bond acceptors (Lipinski definition) is 9. The van der Waals surface area contributed by atoms with Crippen LogP contribution in [0.1, 0.15) is 13.2 Å². The zero-order chi connectivity index (χ0) is 18.7. The third-order valence-corrected chi connectivity index (χ3v) is 4.86. The number of ether oxygens (including phenoxy) is 1. The number of nitrogens with one attached hydrogen (secondary N) is 1. The van der Waals surface area contributed by atoms with Gasteiger partial charge in [0.2, 0.25) is 5.95 Å². The minimum atomic E-state index is -5.00. The minimum Gasteiger partial charge on any atom is -0.385 e. The number of halogens is 1. The van der Waals surface area contributed by atoms with Crippen molar-refractivity contribution >= 4 is 47.5 Å². The van der Waals surface area contributed by atoms with Crippen molar-refractivity contribution in [2.45, 2.75) is 31.1 Å². The molecule has 2 aromatic rings. The number of aliphatic hydroxyl groups is 2. The lowest BCUT2D eigenvalue weighted by Gasteiger charge is -2.27.